The van der Waals surface area contributed by atoms with E-state index in [9.17, 15) is 21.6 Å². The molecule has 0 aliphatic rings. The Morgan fingerprint density at radius 2 is 1.93 bits per heavy atom. The van der Waals surface area contributed by atoms with Gasteiger partial charge >= 0.3 is 0 Å². The maximum Gasteiger partial charge on any atom is 0.266 e. The molecule has 2 N–H and O–H groups in total. The highest BCUT2D eigenvalue weighted by Gasteiger charge is 2.23. The fourth-order valence-corrected chi connectivity index (χ4v) is 4.34. The molecule has 0 saturated carbocycles. The van der Waals surface area contributed by atoms with Crippen LogP contribution in [0.2, 0.25) is 0 Å². The fraction of sp³-hybridized carbons (Fsp3) is 0.105. The van der Waals surface area contributed by atoms with Crippen LogP contribution in [0, 0.1) is 17.5 Å². The maximum absolute atomic E-state index is 14.6. The normalized spacial score (nSPS) is 12.4. The zero-order chi connectivity index (χ0) is 21.2. The third-order valence-electron chi connectivity index (χ3n) is 4.08. The van der Waals surface area contributed by atoms with E-state index < -0.39 is 38.4 Å². The van der Waals surface area contributed by atoms with Crippen LogP contribution in [0.3, 0.4) is 0 Å². The van der Waals surface area contributed by atoms with Crippen molar-refractivity contribution in [2.75, 3.05) is 10.0 Å². The summed E-state index contributed by atoms with van der Waals surface area (Å²) in [6.45, 7) is 5.18. The first-order valence-electron chi connectivity index (χ1n) is 8.29. The Morgan fingerprint density at radius 3 is 2.59 bits per heavy atom. The van der Waals surface area contributed by atoms with Gasteiger partial charge in [-0.2, -0.15) is 0 Å². The van der Waals surface area contributed by atoms with Crippen molar-refractivity contribution in [2.24, 2.45) is 0 Å². The van der Waals surface area contributed by atoms with Gasteiger partial charge in [0.2, 0.25) is 0 Å². The predicted molar refractivity (Wildman–Crippen MR) is 108 cm³/mol. The molecule has 2 aromatic carbocycles. The average molecular weight is 439 g/mol. The Morgan fingerprint density at radius 1 is 1.17 bits per heavy atom. The van der Waals surface area contributed by atoms with E-state index in [0.717, 1.165) is 30.3 Å². The van der Waals surface area contributed by atoms with Crippen LogP contribution < -0.4 is 10.0 Å². The molecule has 29 heavy (non-hydrogen) atoms. The molecule has 5 nitrogen and oxygen atoms in total. The summed E-state index contributed by atoms with van der Waals surface area (Å²) >= 11 is 1.18. The molecule has 10 heteroatoms. The van der Waals surface area contributed by atoms with Crippen molar-refractivity contribution in [1.29, 1.82) is 0 Å². The molecule has 0 bridgehead atoms. The number of nitrogens with one attached hydrogen (secondary N) is 2. The Kier molecular flexibility index (Phi) is 5.94. The van der Waals surface area contributed by atoms with Crippen molar-refractivity contribution in [3.63, 3.8) is 0 Å². The number of halogens is 3. The van der Waals surface area contributed by atoms with Gasteiger partial charge in [-0.3, -0.25) is 4.72 Å². The SMILES string of the molecule is C=Cc1cc(S(=O)(=O)Nc2cscn2)c(F)cc1NC(C)c1cc(F)ccc1F. The van der Waals surface area contributed by atoms with Gasteiger partial charge in [0.05, 0.1) is 11.6 Å². The third kappa shape index (κ3) is 4.60. The van der Waals surface area contributed by atoms with E-state index in [-0.39, 0.29) is 22.6 Å². The van der Waals surface area contributed by atoms with Crippen LogP contribution in [-0.4, -0.2) is 13.4 Å². The number of benzene rings is 2. The van der Waals surface area contributed by atoms with Crippen molar-refractivity contribution in [2.45, 2.75) is 17.9 Å². The van der Waals surface area contributed by atoms with E-state index >= 15 is 0 Å². The number of sulfonamides is 1. The molecule has 0 fully saturated rings. The molecule has 0 amide bonds. The first-order valence-corrected chi connectivity index (χ1v) is 10.7. The fourth-order valence-electron chi connectivity index (χ4n) is 2.68. The van der Waals surface area contributed by atoms with Crippen molar-refractivity contribution in [1.82, 2.24) is 4.98 Å². The highest BCUT2D eigenvalue weighted by atomic mass is 32.2. The molecule has 3 aromatic rings. The summed E-state index contributed by atoms with van der Waals surface area (Å²) in [5.41, 5.74) is 1.93. The summed E-state index contributed by atoms with van der Waals surface area (Å²) < 4.78 is 69.3. The lowest BCUT2D eigenvalue weighted by molar-refractivity contribution is 0.569. The zero-order valence-corrected chi connectivity index (χ0v) is 16.8. The quantitative estimate of drug-likeness (QED) is 0.532. The van der Waals surface area contributed by atoms with E-state index in [1.807, 2.05) is 0 Å². The monoisotopic (exact) mass is 439 g/mol. The second-order valence-corrected chi connectivity index (χ2v) is 8.45. The van der Waals surface area contributed by atoms with Gasteiger partial charge in [-0.1, -0.05) is 12.7 Å². The molecule has 1 heterocycles. The number of rotatable bonds is 7. The number of aromatic nitrogens is 1. The molecule has 152 valence electrons. The number of thiazole rings is 1. The molecule has 0 aliphatic carbocycles. The first kappa shape index (κ1) is 20.9. The molecule has 3 rings (SSSR count). The van der Waals surface area contributed by atoms with Crippen LogP contribution in [0.5, 0.6) is 0 Å². The number of hydrogen-bond donors (Lipinski definition) is 2. The molecule has 0 radical (unpaired) electrons. The summed E-state index contributed by atoms with van der Waals surface area (Å²) in [6, 6.07) is 4.38. The minimum absolute atomic E-state index is 0.0438. The Bertz CT molecular complexity index is 1150. The Hall–Kier alpha value is -2.85. The predicted octanol–water partition coefficient (Wildman–Crippen LogP) is 5.18. The van der Waals surface area contributed by atoms with Gasteiger partial charge in [0.25, 0.3) is 10.0 Å². The van der Waals surface area contributed by atoms with Crippen LogP contribution in [-0.2, 0) is 10.0 Å². The molecule has 0 saturated heterocycles. The minimum atomic E-state index is -4.22. The van der Waals surface area contributed by atoms with Crippen LogP contribution >= 0.6 is 11.3 Å². The van der Waals surface area contributed by atoms with E-state index in [2.05, 4.69) is 21.6 Å². The molecule has 1 atom stereocenters. The van der Waals surface area contributed by atoms with Crippen molar-refractivity contribution in [3.05, 3.63) is 76.4 Å². The summed E-state index contributed by atoms with van der Waals surface area (Å²) in [4.78, 5) is 3.22. The first-order chi connectivity index (χ1) is 13.7. The lowest BCUT2D eigenvalue weighted by atomic mass is 10.1. The summed E-state index contributed by atoms with van der Waals surface area (Å²) in [7, 11) is -4.22. The molecule has 1 aromatic heterocycles. The lowest BCUT2D eigenvalue weighted by Crippen LogP contribution is -2.16. The molecular weight excluding hydrogens is 423 g/mol. The molecular formula is C19H16F3N3O2S2. The van der Waals surface area contributed by atoms with Crippen LogP contribution in [0.25, 0.3) is 6.08 Å². The van der Waals surface area contributed by atoms with E-state index in [1.54, 1.807) is 6.92 Å². The van der Waals surface area contributed by atoms with E-state index in [4.69, 9.17) is 0 Å². The highest BCUT2D eigenvalue weighted by molar-refractivity contribution is 7.92. The van der Waals surface area contributed by atoms with Crippen LogP contribution in [0.4, 0.5) is 24.7 Å². The van der Waals surface area contributed by atoms with Gasteiger partial charge in [0.15, 0.2) is 5.82 Å². The van der Waals surface area contributed by atoms with Gasteiger partial charge in [-0.05, 0) is 42.8 Å². The molecule has 1 unspecified atom stereocenters. The average Bonchev–Trinajstić information content (AvgIpc) is 3.15. The number of nitrogens with zero attached hydrogens (tertiary/aromatic N) is 1. The van der Waals surface area contributed by atoms with E-state index in [0.29, 0.717) is 0 Å². The van der Waals surface area contributed by atoms with Crippen molar-refractivity contribution >= 4 is 38.9 Å². The highest BCUT2D eigenvalue weighted by Crippen LogP contribution is 2.30. The Balaban J connectivity index is 1.94. The molecule has 0 spiro atoms. The summed E-state index contributed by atoms with van der Waals surface area (Å²) in [6.07, 6.45) is 1.33. The van der Waals surface area contributed by atoms with Crippen LogP contribution in [0.1, 0.15) is 24.1 Å². The second-order valence-electron chi connectivity index (χ2n) is 6.09. The van der Waals surface area contributed by atoms with Crippen molar-refractivity contribution < 1.29 is 21.6 Å². The standard InChI is InChI=1S/C19H16F3N3O2S2/c1-3-12-6-18(29(26,27)25-19-9-28-10-23-19)16(22)8-17(12)24-11(2)14-7-13(20)4-5-15(14)21/h3-11,24-25H,1H2,2H3. The third-order valence-corrected chi connectivity index (χ3v) is 6.04. The van der Waals surface area contributed by atoms with Crippen LogP contribution in [0.15, 0.2) is 52.7 Å². The zero-order valence-electron chi connectivity index (χ0n) is 15.1. The van der Waals surface area contributed by atoms with Gasteiger partial charge < -0.3 is 5.32 Å². The second kappa shape index (κ2) is 8.26. The lowest BCUT2D eigenvalue weighted by Gasteiger charge is -2.19. The van der Waals surface area contributed by atoms with Crippen molar-refractivity contribution in [3.8, 4) is 0 Å². The smallest absolute Gasteiger partial charge is 0.266 e. The minimum Gasteiger partial charge on any atom is -0.378 e. The summed E-state index contributed by atoms with van der Waals surface area (Å²) in [5, 5.41) is 4.33. The Labute approximate surface area is 170 Å². The van der Waals surface area contributed by atoms with E-state index in [1.165, 1.54) is 28.3 Å². The van der Waals surface area contributed by atoms with Gasteiger partial charge in [-0.25, -0.2) is 26.6 Å². The molecule has 0 aliphatic heterocycles. The number of hydrogen-bond acceptors (Lipinski definition) is 5. The summed E-state index contributed by atoms with van der Waals surface area (Å²) in [5.74, 6) is -2.18. The number of anilines is 2. The van der Waals surface area contributed by atoms with Gasteiger partial charge in [-0.15, -0.1) is 11.3 Å². The van der Waals surface area contributed by atoms with Gasteiger partial charge in [0, 0.05) is 16.6 Å². The largest absolute Gasteiger partial charge is 0.378 e. The topological polar surface area (TPSA) is 71.1 Å². The van der Waals surface area contributed by atoms with Gasteiger partial charge in [0.1, 0.15) is 22.3 Å². The maximum atomic E-state index is 14.6.